The molecule has 1 saturated carbocycles. The van der Waals surface area contributed by atoms with Crippen LogP contribution in [0.3, 0.4) is 0 Å². The molecule has 5 heteroatoms. The molecule has 1 heterocycles. The molecule has 1 aliphatic heterocycles. The number of carboxylic acids is 1. The van der Waals surface area contributed by atoms with Gasteiger partial charge in [-0.05, 0) is 32.6 Å². The summed E-state index contributed by atoms with van der Waals surface area (Å²) in [5.74, 6) is -0.294. The van der Waals surface area contributed by atoms with E-state index >= 15 is 0 Å². The number of carboxylic acid groups (broad SMARTS) is 1. The lowest BCUT2D eigenvalue weighted by atomic mass is 9.84. The van der Waals surface area contributed by atoms with E-state index < -0.39 is 11.4 Å². The molecule has 2 rings (SSSR count). The lowest BCUT2D eigenvalue weighted by molar-refractivity contribution is -0.147. The number of aliphatic carboxylic acids is 1. The molecule has 1 unspecified atom stereocenters. The first-order valence-corrected chi connectivity index (χ1v) is 7.19. The second-order valence-electron chi connectivity index (χ2n) is 6.52. The summed E-state index contributed by atoms with van der Waals surface area (Å²) in [6.07, 6.45) is 6.16. The third-order valence-electron chi connectivity index (χ3n) is 4.40. The number of rotatable bonds is 4. The first-order chi connectivity index (χ1) is 8.90. The average molecular weight is 268 g/mol. The summed E-state index contributed by atoms with van der Waals surface area (Å²) in [7, 11) is 0. The summed E-state index contributed by atoms with van der Waals surface area (Å²) >= 11 is 0. The second-order valence-corrected chi connectivity index (χ2v) is 6.52. The largest absolute Gasteiger partial charge is 0.481 e. The molecule has 2 fully saturated rings. The van der Waals surface area contributed by atoms with Gasteiger partial charge in [0, 0.05) is 13.1 Å². The predicted octanol–water partition coefficient (Wildman–Crippen LogP) is 2.07. The van der Waals surface area contributed by atoms with E-state index in [1.165, 1.54) is 32.1 Å². The Balaban J connectivity index is 1.93. The molecule has 0 aromatic carbocycles. The van der Waals surface area contributed by atoms with Gasteiger partial charge in [-0.15, -0.1) is 0 Å². The standard InChI is InChI=1S/C14H24N2O3/c1-14(2,12(17)18)9-16-8-11(15-13(16)19)10-6-4-3-5-7-10/h10-11H,3-9H2,1-2H3,(H,15,19)(H,17,18). The zero-order chi connectivity index (χ0) is 14.0. The van der Waals surface area contributed by atoms with Crippen LogP contribution in [0.15, 0.2) is 0 Å². The van der Waals surface area contributed by atoms with E-state index in [1.54, 1.807) is 18.7 Å². The fourth-order valence-corrected chi connectivity index (χ4v) is 3.10. The third-order valence-corrected chi connectivity index (χ3v) is 4.40. The van der Waals surface area contributed by atoms with Gasteiger partial charge in [0.05, 0.1) is 11.5 Å². The van der Waals surface area contributed by atoms with E-state index in [4.69, 9.17) is 5.11 Å². The van der Waals surface area contributed by atoms with Crippen molar-refractivity contribution in [3.63, 3.8) is 0 Å². The molecule has 2 aliphatic rings. The lowest BCUT2D eigenvalue weighted by Crippen LogP contribution is -2.40. The van der Waals surface area contributed by atoms with Crippen LogP contribution in [-0.2, 0) is 4.79 Å². The number of nitrogens with one attached hydrogen (secondary N) is 1. The van der Waals surface area contributed by atoms with Crippen molar-refractivity contribution >= 4 is 12.0 Å². The molecule has 1 atom stereocenters. The molecule has 0 aromatic heterocycles. The Labute approximate surface area is 114 Å². The van der Waals surface area contributed by atoms with Crippen molar-refractivity contribution in [3.8, 4) is 0 Å². The van der Waals surface area contributed by atoms with E-state index in [2.05, 4.69) is 5.32 Å². The zero-order valence-corrected chi connectivity index (χ0v) is 11.8. The molecule has 1 aliphatic carbocycles. The number of nitrogens with zero attached hydrogens (tertiary/aromatic N) is 1. The van der Waals surface area contributed by atoms with Crippen LogP contribution in [0.2, 0.25) is 0 Å². The minimum Gasteiger partial charge on any atom is -0.481 e. The van der Waals surface area contributed by atoms with Crippen molar-refractivity contribution in [2.24, 2.45) is 11.3 Å². The molecular weight excluding hydrogens is 244 g/mol. The number of amides is 2. The summed E-state index contributed by atoms with van der Waals surface area (Å²) in [6.45, 7) is 4.25. The van der Waals surface area contributed by atoms with Crippen LogP contribution in [0, 0.1) is 11.3 Å². The van der Waals surface area contributed by atoms with Gasteiger partial charge in [-0.3, -0.25) is 4.79 Å². The number of carbonyl (C=O) groups excluding carboxylic acids is 1. The molecule has 0 radical (unpaired) electrons. The van der Waals surface area contributed by atoms with Crippen LogP contribution in [0.1, 0.15) is 46.0 Å². The number of hydrogen-bond acceptors (Lipinski definition) is 2. The molecular formula is C14H24N2O3. The average Bonchev–Trinajstić information content (AvgIpc) is 2.71. The quantitative estimate of drug-likeness (QED) is 0.820. The van der Waals surface area contributed by atoms with Crippen molar-refractivity contribution in [2.45, 2.75) is 52.0 Å². The SMILES string of the molecule is CC(C)(CN1CC(C2CCCCC2)NC1=O)C(=O)O. The van der Waals surface area contributed by atoms with E-state index in [-0.39, 0.29) is 18.6 Å². The first kappa shape index (κ1) is 14.2. The maximum Gasteiger partial charge on any atom is 0.317 e. The van der Waals surface area contributed by atoms with E-state index in [0.29, 0.717) is 12.5 Å². The smallest absolute Gasteiger partial charge is 0.317 e. The minimum atomic E-state index is -0.890. The molecule has 0 bridgehead atoms. The Morgan fingerprint density at radius 3 is 2.58 bits per heavy atom. The monoisotopic (exact) mass is 268 g/mol. The summed E-state index contributed by atoms with van der Waals surface area (Å²) < 4.78 is 0. The first-order valence-electron chi connectivity index (χ1n) is 7.19. The van der Waals surface area contributed by atoms with Gasteiger partial charge in [0.2, 0.25) is 0 Å². The maximum atomic E-state index is 11.9. The van der Waals surface area contributed by atoms with Crippen molar-refractivity contribution < 1.29 is 14.7 Å². The fourth-order valence-electron chi connectivity index (χ4n) is 3.10. The Hall–Kier alpha value is -1.26. The van der Waals surface area contributed by atoms with Crippen LogP contribution >= 0.6 is 0 Å². The highest BCUT2D eigenvalue weighted by Crippen LogP contribution is 2.29. The predicted molar refractivity (Wildman–Crippen MR) is 71.9 cm³/mol. The molecule has 0 aromatic rings. The summed E-state index contributed by atoms with van der Waals surface area (Å²) in [6, 6.07) is 0.0993. The molecule has 2 N–H and O–H groups in total. The van der Waals surface area contributed by atoms with Crippen molar-refractivity contribution in [2.75, 3.05) is 13.1 Å². The van der Waals surface area contributed by atoms with Crippen molar-refractivity contribution in [1.82, 2.24) is 10.2 Å². The second kappa shape index (κ2) is 5.39. The van der Waals surface area contributed by atoms with Gasteiger partial charge in [-0.1, -0.05) is 19.3 Å². The van der Waals surface area contributed by atoms with Gasteiger partial charge in [0.15, 0.2) is 0 Å². The van der Waals surface area contributed by atoms with E-state index in [1.807, 2.05) is 0 Å². The molecule has 2 amide bonds. The normalized spacial score (nSPS) is 25.5. The Morgan fingerprint density at radius 2 is 2.00 bits per heavy atom. The molecule has 0 spiro atoms. The third kappa shape index (κ3) is 3.19. The topological polar surface area (TPSA) is 69.6 Å². The molecule has 19 heavy (non-hydrogen) atoms. The Kier molecular flexibility index (Phi) is 4.02. The lowest BCUT2D eigenvalue weighted by Gasteiger charge is -2.28. The van der Waals surface area contributed by atoms with Crippen LogP contribution in [0.5, 0.6) is 0 Å². The van der Waals surface area contributed by atoms with Gasteiger partial charge in [0.25, 0.3) is 0 Å². The summed E-state index contributed by atoms with van der Waals surface area (Å²) in [5.41, 5.74) is -0.890. The number of carbonyl (C=O) groups is 2. The van der Waals surface area contributed by atoms with E-state index in [9.17, 15) is 9.59 Å². The van der Waals surface area contributed by atoms with Crippen LogP contribution in [0.25, 0.3) is 0 Å². The van der Waals surface area contributed by atoms with Crippen molar-refractivity contribution in [1.29, 1.82) is 0 Å². The van der Waals surface area contributed by atoms with Gasteiger partial charge in [0.1, 0.15) is 0 Å². The Bertz CT molecular complexity index is 362. The van der Waals surface area contributed by atoms with Crippen LogP contribution < -0.4 is 5.32 Å². The van der Waals surface area contributed by atoms with E-state index in [0.717, 1.165) is 0 Å². The highest BCUT2D eigenvalue weighted by Gasteiger charge is 2.39. The Morgan fingerprint density at radius 1 is 1.37 bits per heavy atom. The van der Waals surface area contributed by atoms with Gasteiger partial charge < -0.3 is 15.3 Å². The molecule has 5 nitrogen and oxygen atoms in total. The highest BCUT2D eigenvalue weighted by molar-refractivity contribution is 5.79. The summed E-state index contributed by atoms with van der Waals surface area (Å²) in [5, 5.41) is 12.2. The summed E-state index contributed by atoms with van der Waals surface area (Å²) in [4.78, 5) is 24.7. The number of urea groups is 1. The fraction of sp³-hybridized carbons (Fsp3) is 0.857. The number of hydrogen-bond donors (Lipinski definition) is 2. The molecule has 1 saturated heterocycles. The van der Waals surface area contributed by atoms with Gasteiger partial charge >= 0.3 is 12.0 Å². The van der Waals surface area contributed by atoms with Crippen LogP contribution in [-0.4, -0.2) is 41.1 Å². The zero-order valence-electron chi connectivity index (χ0n) is 11.8. The highest BCUT2D eigenvalue weighted by atomic mass is 16.4. The van der Waals surface area contributed by atoms with Crippen LogP contribution in [0.4, 0.5) is 4.79 Å². The van der Waals surface area contributed by atoms with Crippen molar-refractivity contribution in [3.05, 3.63) is 0 Å². The minimum absolute atomic E-state index is 0.107. The maximum absolute atomic E-state index is 11.9. The van der Waals surface area contributed by atoms with Gasteiger partial charge in [-0.2, -0.15) is 0 Å². The molecule has 108 valence electrons. The van der Waals surface area contributed by atoms with Gasteiger partial charge in [-0.25, -0.2) is 4.79 Å².